The zero-order chi connectivity index (χ0) is 15.5. The van der Waals surface area contributed by atoms with Gasteiger partial charge in [-0.25, -0.2) is 4.79 Å². The lowest BCUT2D eigenvalue weighted by molar-refractivity contribution is -0.146. The molecule has 1 heterocycles. The number of hydrogen-bond donors (Lipinski definition) is 2. The van der Waals surface area contributed by atoms with Gasteiger partial charge in [0.25, 0.3) is 0 Å². The summed E-state index contributed by atoms with van der Waals surface area (Å²) in [5.74, 6) is -2.20. The average Bonchev–Trinajstić information content (AvgIpc) is 2.23. The molecule has 0 radical (unpaired) electrons. The Morgan fingerprint density at radius 2 is 2.05 bits per heavy atom. The zero-order valence-corrected chi connectivity index (χ0v) is 12.5. The third kappa shape index (κ3) is 5.22. The first-order chi connectivity index (χ1) is 9.10. The number of alkyl halides is 3. The van der Waals surface area contributed by atoms with Crippen LogP contribution in [-0.2, 0) is 19.1 Å². The maximum atomic E-state index is 11.4. The molecule has 20 heavy (non-hydrogen) atoms. The van der Waals surface area contributed by atoms with E-state index in [1.807, 2.05) is 0 Å². The van der Waals surface area contributed by atoms with Gasteiger partial charge in [-0.2, -0.15) is 0 Å². The van der Waals surface area contributed by atoms with E-state index in [1.54, 1.807) is 0 Å². The van der Waals surface area contributed by atoms with Crippen molar-refractivity contribution in [3.05, 3.63) is 0 Å². The molecular formula is C10H12Cl3NO6. The zero-order valence-electron chi connectivity index (χ0n) is 10.3. The Labute approximate surface area is 129 Å². The lowest BCUT2D eigenvalue weighted by Gasteiger charge is -2.38. The summed E-state index contributed by atoms with van der Waals surface area (Å²) < 4.78 is 7.62. The van der Waals surface area contributed by atoms with E-state index >= 15 is 0 Å². The summed E-state index contributed by atoms with van der Waals surface area (Å²) in [7, 11) is 0. The molecule has 1 saturated heterocycles. The Morgan fingerprint density at radius 1 is 1.45 bits per heavy atom. The molecule has 0 spiro atoms. The van der Waals surface area contributed by atoms with Crippen molar-refractivity contribution >= 4 is 52.8 Å². The first-order valence-corrected chi connectivity index (χ1v) is 6.66. The fourth-order valence-electron chi connectivity index (χ4n) is 1.76. The number of carbonyl (C=O) groups excluding carboxylic acids is 2. The van der Waals surface area contributed by atoms with Crippen LogP contribution >= 0.6 is 34.8 Å². The van der Waals surface area contributed by atoms with Gasteiger partial charge in [0.05, 0.1) is 18.4 Å². The van der Waals surface area contributed by atoms with Crippen LogP contribution in [0.15, 0.2) is 0 Å². The molecule has 0 aromatic heterocycles. The van der Waals surface area contributed by atoms with E-state index in [2.05, 4.69) is 10.1 Å². The topological polar surface area (TPSA) is 102 Å². The van der Waals surface area contributed by atoms with Crippen LogP contribution in [-0.4, -0.2) is 45.7 Å². The molecule has 114 valence electrons. The molecule has 1 aliphatic heterocycles. The predicted molar refractivity (Wildman–Crippen MR) is 69.9 cm³/mol. The van der Waals surface area contributed by atoms with E-state index in [-0.39, 0.29) is 6.42 Å². The minimum Gasteiger partial charge on any atom is -0.481 e. The Morgan fingerprint density at radius 3 is 2.50 bits per heavy atom. The molecular weight excluding hydrogens is 336 g/mol. The molecule has 10 heteroatoms. The van der Waals surface area contributed by atoms with Crippen molar-refractivity contribution in [1.82, 2.24) is 5.32 Å². The number of ether oxygens (including phenoxy) is 2. The lowest BCUT2D eigenvalue weighted by atomic mass is 9.84. The summed E-state index contributed by atoms with van der Waals surface area (Å²) in [5.41, 5.74) is 0. The van der Waals surface area contributed by atoms with Crippen molar-refractivity contribution in [3.8, 4) is 0 Å². The van der Waals surface area contributed by atoms with Gasteiger partial charge in [0.15, 0.2) is 0 Å². The van der Waals surface area contributed by atoms with Gasteiger partial charge >= 0.3 is 12.1 Å². The van der Waals surface area contributed by atoms with Crippen LogP contribution in [0.4, 0.5) is 4.79 Å². The largest absolute Gasteiger partial charge is 0.508 e. The first-order valence-electron chi connectivity index (χ1n) is 5.52. The standard InChI is InChI=1S/C10H12Cl3NO6/c1-4(20-9(18)19-3-10(11,12)13)7-5(2-6(15)16)14-8(7)17/h4-5,7H,2-3H2,1H3,(H,14,17)(H,15,16)/t4?,5-,7+/m1/s1. The van der Waals surface area contributed by atoms with E-state index in [0.29, 0.717) is 0 Å². The molecule has 2 N–H and O–H groups in total. The highest BCUT2D eigenvalue weighted by atomic mass is 35.6. The number of halogens is 3. The normalized spacial score (nSPS) is 23.3. The van der Waals surface area contributed by atoms with Gasteiger partial charge in [-0.1, -0.05) is 34.8 Å². The SMILES string of the molecule is CC(OC(=O)OCC(Cl)(Cl)Cl)[C@@H]1C(=O)N[C@@H]1CC(=O)O. The van der Waals surface area contributed by atoms with E-state index < -0.39 is 46.5 Å². The van der Waals surface area contributed by atoms with E-state index in [1.165, 1.54) is 6.92 Å². The van der Waals surface area contributed by atoms with Gasteiger partial charge in [-0.05, 0) is 6.92 Å². The third-order valence-corrected chi connectivity index (χ3v) is 2.93. The van der Waals surface area contributed by atoms with Crippen molar-refractivity contribution < 1.29 is 29.0 Å². The highest BCUT2D eigenvalue weighted by Gasteiger charge is 2.45. The second kappa shape index (κ2) is 6.69. The van der Waals surface area contributed by atoms with Crippen LogP contribution in [0.2, 0.25) is 0 Å². The van der Waals surface area contributed by atoms with Gasteiger partial charge in [-0.3, -0.25) is 9.59 Å². The summed E-state index contributed by atoms with van der Waals surface area (Å²) in [6, 6.07) is -0.587. The summed E-state index contributed by atoms with van der Waals surface area (Å²) in [6.45, 7) is 0.952. The highest BCUT2D eigenvalue weighted by molar-refractivity contribution is 6.67. The molecule has 0 aromatic rings. The van der Waals surface area contributed by atoms with Gasteiger partial charge in [0, 0.05) is 0 Å². The number of amides is 1. The number of rotatable bonds is 5. The Hall–Kier alpha value is -0.920. The van der Waals surface area contributed by atoms with Crippen molar-refractivity contribution in [2.75, 3.05) is 6.61 Å². The summed E-state index contributed by atoms with van der Waals surface area (Å²) in [4.78, 5) is 33.3. The number of hydrogen-bond acceptors (Lipinski definition) is 5. The van der Waals surface area contributed by atoms with Crippen molar-refractivity contribution in [2.45, 2.75) is 29.3 Å². The molecule has 7 nitrogen and oxygen atoms in total. The van der Waals surface area contributed by atoms with Gasteiger partial charge in [0.1, 0.15) is 12.7 Å². The Bertz CT molecular complexity index is 410. The van der Waals surface area contributed by atoms with Crippen molar-refractivity contribution in [2.24, 2.45) is 5.92 Å². The quantitative estimate of drug-likeness (QED) is 0.443. The van der Waals surface area contributed by atoms with Gasteiger partial charge < -0.3 is 19.9 Å². The van der Waals surface area contributed by atoms with Crippen LogP contribution in [0.3, 0.4) is 0 Å². The summed E-state index contributed by atoms with van der Waals surface area (Å²) >= 11 is 16.2. The van der Waals surface area contributed by atoms with Crippen LogP contribution in [0.25, 0.3) is 0 Å². The Kier molecular flexibility index (Phi) is 5.73. The number of carbonyl (C=O) groups is 3. The molecule has 0 aromatic carbocycles. The second-order valence-electron chi connectivity index (χ2n) is 4.22. The minimum absolute atomic E-state index is 0.257. The fraction of sp³-hybridized carbons (Fsp3) is 0.700. The van der Waals surface area contributed by atoms with Crippen molar-refractivity contribution in [3.63, 3.8) is 0 Å². The number of nitrogens with one attached hydrogen (secondary N) is 1. The van der Waals surface area contributed by atoms with E-state index in [0.717, 1.165) is 0 Å². The predicted octanol–water partition coefficient (Wildman–Crippen LogP) is 1.49. The fourth-order valence-corrected chi connectivity index (χ4v) is 1.93. The van der Waals surface area contributed by atoms with Crippen LogP contribution in [0.5, 0.6) is 0 Å². The van der Waals surface area contributed by atoms with Gasteiger partial charge in [-0.15, -0.1) is 0 Å². The van der Waals surface area contributed by atoms with Gasteiger partial charge in [0.2, 0.25) is 9.70 Å². The first kappa shape index (κ1) is 17.1. The molecule has 1 rings (SSSR count). The maximum Gasteiger partial charge on any atom is 0.508 e. The number of carboxylic acids is 1. The van der Waals surface area contributed by atoms with Crippen molar-refractivity contribution in [1.29, 1.82) is 0 Å². The highest BCUT2D eigenvalue weighted by Crippen LogP contribution is 2.27. The minimum atomic E-state index is -1.76. The Balaban J connectivity index is 2.44. The lowest BCUT2D eigenvalue weighted by Crippen LogP contribution is -2.63. The number of β-lactam (4-membered cyclic amide) rings is 1. The summed E-state index contributed by atoms with van der Waals surface area (Å²) in [6.07, 6.45) is -2.21. The van der Waals surface area contributed by atoms with E-state index in [9.17, 15) is 14.4 Å². The molecule has 1 amide bonds. The smallest absolute Gasteiger partial charge is 0.481 e. The van der Waals surface area contributed by atoms with Crippen LogP contribution < -0.4 is 5.32 Å². The molecule has 0 saturated carbocycles. The molecule has 3 atom stereocenters. The number of carboxylic acid groups (broad SMARTS) is 1. The molecule has 0 bridgehead atoms. The molecule has 1 aliphatic rings. The monoisotopic (exact) mass is 347 g/mol. The second-order valence-corrected chi connectivity index (χ2v) is 6.73. The third-order valence-electron chi connectivity index (χ3n) is 2.60. The maximum absolute atomic E-state index is 11.4. The van der Waals surface area contributed by atoms with Crippen LogP contribution in [0.1, 0.15) is 13.3 Å². The molecule has 1 unspecified atom stereocenters. The molecule has 1 fully saturated rings. The van der Waals surface area contributed by atoms with E-state index in [4.69, 9.17) is 44.6 Å². The average molecular weight is 349 g/mol. The van der Waals surface area contributed by atoms with Crippen LogP contribution in [0, 0.1) is 5.92 Å². The molecule has 0 aliphatic carbocycles. The summed E-state index contributed by atoms with van der Waals surface area (Å²) in [5, 5.41) is 11.1. The number of aliphatic carboxylic acids is 1.